The Hall–Kier alpha value is -2.53. The molecule has 148 valence electrons. The third-order valence-electron chi connectivity index (χ3n) is 5.23. The second-order valence-corrected chi connectivity index (χ2v) is 7.91. The van der Waals surface area contributed by atoms with Crippen LogP contribution in [0, 0.1) is 11.8 Å². The van der Waals surface area contributed by atoms with Crippen molar-refractivity contribution in [2.75, 3.05) is 29.6 Å². The van der Waals surface area contributed by atoms with Gasteiger partial charge in [0.2, 0.25) is 11.8 Å². The Balaban J connectivity index is 1.48. The standard InChI is InChI=1S/C22H26ClN3O2/c1-26(2)20-13-11-19(12-14-20)25-22(28)16-5-3-15(4-6-16)21(27)24-18-9-7-17(23)8-10-18/h7-16H,3-6H2,1-2H3,(H,24,27)(H,25,28). The number of carbonyl (C=O) groups excluding carboxylic acids is 2. The van der Waals surface area contributed by atoms with E-state index < -0.39 is 0 Å². The molecule has 1 fully saturated rings. The molecule has 1 aliphatic carbocycles. The molecule has 5 nitrogen and oxygen atoms in total. The van der Waals surface area contributed by atoms with E-state index in [0.29, 0.717) is 5.02 Å². The van der Waals surface area contributed by atoms with E-state index in [1.165, 1.54) is 0 Å². The number of benzene rings is 2. The van der Waals surface area contributed by atoms with Gasteiger partial charge in [-0.15, -0.1) is 0 Å². The molecule has 0 aromatic heterocycles. The molecule has 2 aromatic carbocycles. The van der Waals surface area contributed by atoms with Crippen LogP contribution in [0.15, 0.2) is 48.5 Å². The smallest absolute Gasteiger partial charge is 0.227 e. The highest BCUT2D eigenvalue weighted by atomic mass is 35.5. The summed E-state index contributed by atoms with van der Waals surface area (Å²) < 4.78 is 0. The molecular weight excluding hydrogens is 374 g/mol. The zero-order chi connectivity index (χ0) is 20.1. The van der Waals surface area contributed by atoms with Gasteiger partial charge in [-0.1, -0.05) is 11.6 Å². The van der Waals surface area contributed by atoms with Crippen LogP contribution in [-0.4, -0.2) is 25.9 Å². The monoisotopic (exact) mass is 399 g/mol. The number of hydrogen-bond acceptors (Lipinski definition) is 3. The minimum absolute atomic E-state index is 0.0143. The van der Waals surface area contributed by atoms with Crippen molar-refractivity contribution in [2.24, 2.45) is 11.8 Å². The lowest BCUT2D eigenvalue weighted by atomic mass is 9.81. The van der Waals surface area contributed by atoms with E-state index in [9.17, 15) is 9.59 Å². The van der Waals surface area contributed by atoms with Gasteiger partial charge in [0.05, 0.1) is 0 Å². The SMILES string of the molecule is CN(C)c1ccc(NC(=O)C2CCC(C(=O)Nc3ccc(Cl)cc3)CC2)cc1. The number of nitrogens with one attached hydrogen (secondary N) is 2. The summed E-state index contributed by atoms with van der Waals surface area (Å²) in [7, 11) is 3.96. The summed E-state index contributed by atoms with van der Waals surface area (Å²) in [6.07, 6.45) is 2.88. The number of halogens is 1. The highest BCUT2D eigenvalue weighted by molar-refractivity contribution is 6.30. The number of rotatable bonds is 5. The van der Waals surface area contributed by atoms with Crippen LogP contribution < -0.4 is 15.5 Å². The molecule has 0 spiro atoms. The number of carbonyl (C=O) groups is 2. The maximum atomic E-state index is 12.6. The Kier molecular flexibility index (Phi) is 6.57. The second-order valence-electron chi connectivity index (χ2n) is 7.48. The Morgan fingerprint density at radius 1 is 0.786 bits per heavy atom. The molecule has 0 aliphatic heterocycles. The van der Waals surface area contributed by atoms with E-state index in [1.54, 1.807) is 24.3 Å². The second kappa shape index (κ2) is 9.11. The lowest BCUT2D eigenvalue weighted by Crippen LogP contribution is -2.32. The summed E-state index contributed by atoms with van der Waals surface area (Å²) in [6, 6.07) is 14.9. The van der Waals surface area contributed by atoms with Crippen LogP contribution >= 0.6 is 11.6 Å². The molecule has 0 bridgehead atoms. The van der Waals surface area contributed by atoms with E-state index in [2.05, 4.69) is 10.6 Å². The van der Waals surface area contributed by atoms with Crippen molar-refractivity contribution in [1.29, 1.82) is 0 Å². The van der Waals surface area contributed by atoms with Crippen LogP contribution in [0.2, 0.25) is 5.02 Å². The molecule has 0 unspecified atom stereocenters. The summed E-state index contributed by atoms with van der Waals surface area (Å²) >= 11 is 5.87. The fraction of sp³-hybridized carbons (Fsp3) is 0.364. The lowest BCUT2D eigenvalue weighted by Gasteiger charge is -2.27. The Labute approximate surface area is 171 Å². The summed E-state index contributed by atoms with van der Waals surface area (Å²) in [4.78, 5) is 27.0. The first-order chi connectivity index (χ1) is 13.4. The fourth-order valence-corrected chi connectivity index (χ4v) is 3.61. The van der Waals surface area contributed by atoms with Crippen LogP contribution in [0.4, 0.5) is 17.1 Å². The molecule has 2 N–H and O–H groups in total. The molecule has 0 saturated heterocycles. The van der Waals surface area contributed by atoms with Crippen molar-refractivity contribution in [3.05, 3.63) is 53.6 Å². The molecule has 1 saturated carbocycles. The molecule has 0 heterocycles. The van der Waals surface area contributed by atoms with Crippen LogP contribution in [-0.2, 0) is 9.59 Å². The van der Waals surface area contributed by atoms with Gasteiger partial charge in [0.1, 0.15) is 0 Å². The molecule has 1 aliphatic rings. The molecule has 2 amide bonds. The van der Waals surface area contributed by atoms with Gasteiger partial charge in [0.25, 0.3) is 0 Å². The summed E-state index contributed by atoms with van der Waals surface area (Å²) in [6.45, 7) is 0. The highest BCUT2D eigenvalue weighted by Crippen LogP contribution is 2.31. The first kappa shape index (κ1) is 20.2. The normalized spacial score (nSPS) is 19.0. The predicted molar refractivity (Wildman–Crippen MR) is 115 cm³/mol. The number of nitrogens with zero attached hydrogens (tertiary/aromatic N) is 1. The molecule has 0 atom stereocenters. The van der Waals surface area contributed by atoms with Gasteiger partial charge in [-0.3, -0.25) is 9.59 Å². The number of hydrogen-bond donors (Lipinski definition) is 2. The maximum absolute atomic E-state index is 12.6. The van der Waals surface area contributed by atoms with E-state index >= 15 is 0 Å². The van der Waals surface area contributed by atoms with Gasteiger partial charge in [0.15, 0.2) is 0 Å². The van der Waals surface area contributed by atoms with Gasteiger partial charge >= 0.3 is 0 Å². The molecule has 0 radical (unpaired) electrons. The van der Waals surface area contributed by atoms with E-state index in [1.807, 2.05) is 43.3 Å². The summed E-state index contributed by atoms with van der Waals surface area (Å²) in [5, 5.41) is 6.57. The lowest BCUT2D eigenvalue weighted by molar-refractivity contribution is -0.125. The van der Waals surface area contributed by atoms with Gasteiger partial charge in [0, 0.05) is 48.0 Å². The molecule has 3 rings (SSSR count). The topological polar surface area (TPSA) is 61.4 Å². The molecule has 2 aromatic rings. The Bertz CT molecular complexity index is 811. The van der Waals surface area contributed by atoms with E-state index in [-0.39, 0.29) is 23.7 Å². The van der Waals surface area contributed by atoms with Crippen molar-refractivity contribution >= 4 is 40.5 Å². The van der Waals surface area contributed by atoms with Crippen LogP contribution in [0.3, 0.4) is 0 Å². The number of amides is 2. The average molecular weight is 400 g/mol. The third kappa shape index (κ3) is 5.26. The van der Waals surface area contributed by atoms with Gasteiger partial charge in [-0.2, -0.15) is 0 Å². The van der Waals surface area contributed by atoms with Crippen LogP contribution in [0.5, 0.6) is 0 Å². The quantitative estimate of drug-likeness (QED) is 0.759. The third-order valence-corrected chi connectivity index (χ3v) is 5.48. The zero-order valence-corrected chi connectivity index (χ0v) is 17.0. The highest BCUT2D eigenvalue weighted by Gasteiger charge is 2.30. The van der Waals surface area contributed by atoms with Crippen molar-refractivity contribution in [3.63, 3.8) is 0 Å². The Morgan fingerprint density at radius 2 is 1.18 bits per heavy atom. The zero-order valence-electron chi connectivity index (χ0n) is 16.2. The van der Waals surface area contributed by atoms with Crippen molar-refractivity contribution in [3.8, 4) is 0 Å². The van der Waals surface area contributed by atoms with Gasteiger partial charge in [-0.05, 0) is 74.2 Å². The summed E-state index contributed by atoms with van der Waals surface area (Å²) in [5.41, 5.74) is 2.64. The van der Waals surface area contributed by atoms with Crippen LogP contribution in [0.1, 0.15) is 25.7 Å². The van der Waals surface area contributed by atoms with Crippen molar-refractivity contribution < 1.29 is 9.59 Å². The average Bonchev–Trinajstić information content (AvgIpc) is 2.70. The number of anilines is 3. The minimum Gasteiger partial charge on any atom is -0.378 e. The molecule has 28 heavy (non-hydrogen) atoms. The largest absolute Gasteiger partial charge is 0.378 e. The van der Waals surface area contributed by atoms with E-state index in [0.717, 1.165) is 42.7 Å². The fourth-order valence-electron chi connectivity index (χ4n) is 3.48. The van der Waals surface area contributed by atoms with Crippen LogP contribution in [0.25, 0.3) is 0 Å². The molecule has 6 heteroatoms. The molecular formula is C22H26ClN3O2. The minimum atomic E-state index is -0.0564. The first-order valence-electron chi connectivity index (χ1n) is 9.57. The first-order valence-corrected chi connectivity index (χ1v) is 9.95. The van der Waals surface area contributed by atoms with Gasteiger partial charge in [-0.25, -0.2) is 0 Å². The summed E-state index contributed by atoms with van der Waals surface area (Å²) in [5.74, 6) is -0.0539. The van der Waals surface area contributed by atoms with Gasteiger partial charge < -0.3 is 15.5 Å². The Morgan fingerprint density at radius 3 is 1.57 bits per heavy atom. The van der Waals surface area contributed by atoms with Crippen molar-refractivity contribution in [1.82, 2.24) is 0 Å². The predicted octanol–water partition coefficient (Wildman–Crippen LogP) is 4.79. The van der Waals surface area contributed by atoms with Crippen molar-refractivity contribution in [2.45, 2.75) is 25.7 Å². The maximum Gasteiger partial charge on any atom is 0.227 e. The van der Waals surface area contributed by atoms with E-state index in [4.69, 9.17) is 11.6 Å².